The molecule has 150 valence electrons. The van der Waals surface area contributed by atoms with Gasteiger partial charge in [0.15, 0.2) is 0 Å². The number of benzene rings is 1. The number of nitrogens with one attached hydrogen (secondary N) is 1. The minimum Gasteiger partial charge on any atom is -0.415 e. The monoisotopic (exact) mass is 432 g/mol. The summed E-state index contributed by atoms with van der Waals surface area (Å²) in [6.07, 6.45) is -3.80. The van der Waals surface area contributed by atoms with Gasteiger partial charge in [-0.05, 0) is 18.4 Å². The lowest BCUT2D eigenvalue weighted by atomic mass is 10.1. The van der Waals surface area contributed by atoms with Crippen molar-refractivity contribution in [2.24, 2.45) is 0 Å². The molecule has 0 radical (unpaired) electrons. The lowest BCUT2D eigenvalue weighted by molar-refractivity contribution is -0.157. The van der Waals surface area contributed by atoms with E-state index in [-0.39, 0.29) is 22.4 Å². The molecule has 0 saturated carbocycles. The molecule has 1 N–H and O–H groups in total. The van der Waals surface area contributed by atoms with Crippen LogP contribution in [0.15, 0.2) is 33.9 Å². The zero-order chi connectivity index (χ0) is 20.3. The molecule has 3 rings (SSSR count). The third-order valence-corrected chi connectivity index (χ3v) is 5.15. The minimum absolute atomic E-state index is 0.00474. The summed E-state index contributed by atoms with van der Waals surface area (Å²) in [7, 11) is 0. The van der Waals surface area contributed by atoms with E-state index in [4.69, 9.17) is 4.42 Å². The van der Waals surface area contributed by atoms with Gasteiger partial charge >= 0.3 is 6.18 Å². The Kier molecular flexibility index (Phi) is 6.18. The maximum absolute atomic E-state index is 13.6. The van der Waals surface area contributed by atoms with Crippen LogP contribution in [0.1, 0.15) is 12.3 Å². The normalized spacial score (nSPS) is 17.1. The summed E-state index contributed by atoms with van der Waals surface area (Å²) in [4.78, 5) is 25.3. The summed E-state index contributed by atoms with van der Waals surface area (Å²) in [6.45, 7) is 0. The van der Waals surface area contributed by atoms with Gasteiger partial charge in [-0.3, -0.25) is 14.5 Å². The van der Waals surface area contributed by atoms with Crippen LogP contribution in [0, 0.1) is 0 Å². The number of anilines is 2. The van der Waals surface area contributed by atoms with Crippen molar-refractivity contribution in [2.45, 2.75) is 29.6 Å². The Morgan fingerprint density at radius 2 is 2.11 bits per heavy atom. The zero-order valence-electron chi connectivity index (χ0n) is 14.5. The summed E-state index contributed by atoms with van der Waals surface area (Å²) in [5.41, 5.74) is 0.146. The van der Waals surface area contributed by atoms with Gasteiger partial charge in [0, 0.05) is 0 Å². The van der Waals surface area contributed by atoms with Gasteiger partial charge in [-0.1, -0.05) is 23.9 Å². The molecule has 1 aromatic heterocycles. The molecule has 2 heterocycles. The van der Waals surface area contributed by atoms with Gasteiger partial charge in [-0.15, -0.1) is 10.2 Å². The van der Waals surface area contributed by atoms with Gasteiger partial charge in [0.05, 0.1) is 29.3 Å². The predicted octanol–water partition coefficient (Wildman–Crippen LogP) is 3.33. The first-order valence-electron chi connectivity index (χ1n) is 8.01. The SMILES string of the molecule is CSCc1nnc(SCC(=O)N2c3ccccc3NC(=O)CC2C(F)(F)F)o1. The Bertz CT molecular complexity index is 875. The van der Waals surface area contributed by atoms with Crippen molar-refractivity contribution in [3.8, 4) is 0 Å². The molecule has 0 bridgehead atoms. The number of aromatic nitrogens is 2. The second-order valence-electron chi connectivity index (χ2n) is 5.77. The first kappa shape index (κ1) is 20.5. The number of nitrogens with zero attached hydrogens (tertiary/aromatic N) is 3. The number of alkyl halides is 3. The van der Waals surface area contributed by atoms with Crippen molar-refractivity contribution in [1.82, 2.24) is 10.2 Å². The summed E-state index contributed by atoms with van der Waals surface area (Å²) in [6, 6.07) is 3.62. The van der Waals surface area contributed by atoms with Gasteiger partial charge in [0.25, 0.3) is 5.22 Å². The molecule has 0 saturated heterocycles. The van der Waals surface area contributed by atoms with E-state index < -0.39 is 30.5 Å². The smallest absolute Gasteiger partial charge is 0.409 e. The van der Waals surface area contributed by atoms with Crippen molar-refractivity contribution in [3.63, 3.8) is 0 Å². The number of hydrogen-bond acceptors (Lipinski definition) is 7. The van der Waals surface area contributed by atoms with Crippen LogP contribution in [0.5, 0.6) is 0 Å². The molecule has 2 amide bonds. The summed E-state index contributed by atoms with van der Waals surface area (Å²) in [5, 5.41) is 10.1. The van der Waals surface area contributed by atoms with Gasteiger partial charge in [-0.2, -0.15) is 24.9 Å². The molecule has 1 atom stereocenters. The maximum atomic E-state index is 13.6. The Labute approximate surface area is 166 Å². The molecular weight excluding hydrogens is 417 g/mol. The number of amides is 2. The van der Waals surface area contributed by atoms with Crippen molar-refractivity contribution in [1.29, 1.82) is 0 Å². The molecule has 1 unspecified atom stereocenters. The minimum atomic E-state index is -4.77. The molecule has 0 aliphatic carbocycles. The second-order valence-corrected chi connectivity index (χ2v) is 7.57. The highest BCUT2D eigenvalue weighted by atomic mass is 32.2. The van der Waals surface area contributed by atoms with E-state index in [2.05, 4.69) is 15.5 Å². The van der Waals surface area contributed by atoms with Crippen LogP contribution in [0.25, 0.3) is 0 Å². The van der Waals surface area contributed by atoms with Gasteiger partial charge in [-0.25, -0.2) is 0 Å². The Balaban J connectivity index is 1.86. The topological polar surface area (TPSA) is 88.3 Å². The summed E-state index contributed by atoms with van der Waals surface area (Å²) >= 11 is 2.32. The number of carbonyl (C=O) groups is 2. The van der Waals surface area contributed by atoms with Crippen molar-refractivity contribution in [3.05, 3.63) is 30.2 Å². The van der Waals surface area contributed by atoms with Crippen LogP contribution < -0.4 is 10.2 Å². The fourth-order valence-electron chi connectivity index (χ4n) is 2.67. The van der Waals surface area contributed by atoms with E-state index >= 15 is 0 Å². The van der Waals surface area contributed by atoms with E-state index in [1.54, 1.807) is 6.07 Å². The molecule has 7 nitrogen and oxygen atoms in total. The third kappa shape index (κ3) is 4.61. The molecule has 12 heteroatoms. The fraction of sp³-hybridized carbons (Fsp3) is 0.375. The van der Waals surface area contributed by atoms with Crippen LogP contribution in [0.3, 0.4) is 0 Å². The summed E-state index contributed by atoms with van der Waals surface area (Å²) in [5.74, 6) is -1.12. The molecule has 28 heavy (non-hydrogen) atoms. The Hall–Kier alpha value is -2.21. The average molecular weight is 432 g/mol. The lowest BCUT2D eigenvalue weighted by Gasteiger charge is -2.31. The molecule has 2 aromatic rings. The van der Waals surface area contributed by atoms with Crippen LogP contribution in [-0.4, -0.2) is 46.2 Å². The number of thioether (sulfide) groups is 2. The third-order valence-electron chi connectivity index (χ3n) is 3.81. The number of fused-ring (bicyclic) bond motifs is 1. The zero-order valence-corrected chi connectivity index (χ0v) is 16.2. The van der Waals surface area contributed by atoms with E-state index in [0.717, 1.165) is 11.8 Å². The van der Waals surface area contributed by atoms with E-state index in [0.29, 0.717) is 16.5 Å². The van der Waals surface area contributed by atoms with Gasteiger partial charge < -0.3 is 9.73 Å². The molecule has 1 aromatic carbocycles. The average Bonchev–Trinajstić information content (AvgIpc) is 3.01. The molecular formula is C16H15F3N4O3S2. The number of carbonyl (C=O) groups excluding carboxylic acids is 2. The lowest BCUT2D eigenvalue weighted by Crippen LogP contribution is -2.50. The molecule has 0 spiro atoms. The van der Waals surface area contributed by atoms with Gasteiger partial charge in [0.1, 0.15) is 6.04 Å². The van der Waals surface area contributed by atoms with E-state index in [1.165, 1.54) is 30.0 Å². The fourth-order valence-corrected chi connectivity index (χ4v) is 3.67. The first-order chi connectivity index (χ1) is 13.3. The number of rotatable bonds is 5. The molecule has 1 aliphatic rings. The van der Waals surface area contributed by atoms with Crippen molar-refractivity contribution in [2.75, 3.05) is 22.2 Å². The Morgan fingerprint density at radius 3 is 2.82 bits per heavy atom. The van der Waals surface area contributed by atoms with Crippen LogP contribution in [0.2, 0.25) is 0 Å². The van der Waals surface area contributed by atoms with Crippen LogP contribution in [-0.2, 0) is 15.3 Å². The summed E-state index contributed by atoms with van der Waals surface area (Å²) < 4.78 is 46.2. The highest BCUT2D eigenvalue weighted by Crippen LogP contribution is 2.38. The van der Waals surface area contributed by atoms with Crippen molar-refractivity contribution < 1.29 is 27.2 Å². The number of para-hydroxylation sites is 2. The van der Waals surface area contributed by atoms with E-state index in [1.807, 2.05) is 6.26 Å². The number of halogens is 3. The highest BCUT2D eigenvalue weighted by Gasteiger charge is 2.48. The Morgan fingerprint density at radius 1 is 1.36 bits per heavy atom. The van der Waals surface area contributed by atoms with Gasteiger partial charge in [0.2, 0.25) is 17.7 Å². The predicted molar refractivity (Wildman–Crippen MR) is 99.3 cm³/mol. The molecule has 0 fully saturated rings. The first-order valence-corrected chi connectivity index (χ1v) is 10.4. The van der Waals surface area contributed by atoms with Crippen LogP contribution in [0.4, 0.5) is 24.5 Å². The standard InChI is InChI=1S/C16H15F3N4O3S2/c1-27-7-13-21-22-15(26-13)28-8-14(25)23-10-5-3-2-4-9(10)20-12(24)6-11(23)16(17,18)19/h2-5,11H,6-8H2,1H3,(H,20,24). The maximum Gasteiger partial charge on any atom is 0.409 e. The molecule has 1 aliphatic heterocycles. The highest BCUT2D eigenvalue weighted by molar-refractivity contribution is 7.99. The number of hydrogen-bond donors (Lipinski definition) is 1. The van der Waals surface area contributed by atoms with E-state index in [9.17, 15) is 22.8 Å². The van der Waals surface area contributed by atoms with Crippen LogP contribution >= 0.6 is 23.5 Å². The quantitative estimate of drug-likeness (QED) is 0.725. The van der Waals surface area contributed by atoms with Crippen molar-refractivity contribution >= 4 is 46.7 Å². The second kappa shape index (κ2) is 8.43. The largest absolute Gasteiger partial charge is 0.415 e.